The summed E-state index contributed by atoms with van der Waals surface area (Å²) < 4.78 is 5.13. The lowest BCUT2D eigenvalue weighted by atomic mass is 9.92. The minimum atomic E-state index is 0.222. The van der Waals surface area contributed by atoms with Gasteiger partial charge in [-0.05, 0) is 29.7 Å². The van der Waals surface area contributed by atoms with E-state index in [1.165, 1.54) is 4.90 Å². The topological polar surface area (TPSA) is 35.2 Å². The number of thioether (sulfide) groups is 1. The molecule has 0 saturated carbocycles. The Morgan fingerprint density at radius 3 is 2.19 bits per heavy atom. The molecule has 0 aliphatic heterocycles. The average Bonchev–Trinajstić information content (AvgIpc) is 2.25. The van der Waals surface area contributed by atoms with Gasteiger partial charge in [-0.1, -0.05) is 20.8 Å². The maximum absolute atomic E-state index is 5.82. The number of ether oxygens (including phenoxy) is 1. The molecule has 0 spiro atoms. The van der Waals surface area contributed by atoms with Gasteiger partial charge in [0.2, 0.25) is 0 Å². The summed E-state index contributed by atoms with van der Waals surface area (Å²) in [6, 6.07) is 8.13. The third kappa shape index (κ3) is 3.72. The third-order valence-corrected chi connectivity index (χ3v) is 4.25. The lowest BCUT2D eigenvalue weighted by Gasteiger charge is -2.28. The smallest absolute Gasteiger partial charge is 0.118 e. The number of hydrogen-bond acceptors (Lipinski definition) is 3. The number of methoxy groups -OCH3 is 1. The second kappa shape index (κ2) is 5.60. The highest BCUT2D eigenvalue weighted by Gasteiger charge is 2.24. The zero-order chi connectivity index (χ0) is 12.2. The summed E-state index contributed by atoms with van der Waals surface area (Å²) >= 11 is 1.83. The molecule has 2 N–H and O–H groups in total. The van der Waals surface area contributed by atoms with Crippen LogP contribution in [0.4, 0.5) is 0 Å². The van der Waals surface area contributed by atoms with Crippen LogP contribution in [-0.4, -0.2) is 18.9 Å². The van der Waals surface area contributed by atoms with E-state index >= 15 is 0 Å². The minimum absolute atomic E-state index is 0.222. The van der Waals surface area contributed by atoms with Crippen molar-refractivity contribution < 1.29 is 4.74 Å². The third-order valence-electron chi connectivity index (χ3n) is 2.52. The fraction of sp³-hybridized carbons (Fsp3) is 0.538. The van der Waals surface area contributed by atoms with E-state index in [2.05, 4.69) is 32.9 Å². The molecule has 1 rings (SSSR count). The van der Waals surface area contributed by atoms with Crippen LogP contribution in [0.25, 0.3) is 0 Å². The maximum Gasteiger partial charge on any atom is 0.118 e. The Morgan fingerprint density at radius 1 is 1.25 bits per heavy atom. The van der Waals surface area contributed by atoms with Gasteiger partial charge in [0.05, 0.1) is 7.11 Å². The zero-order valence-corrected chi connectivity index (χ0v) is 11.3. The van der Waals surface area contributed by atoms with Gasteiger partial charge in [0.1, 0.15) is 5.75 Å². The van der Waals surface area contributed by atoms with Crippen LogP contribution in [0.1, 0.15) is 20.8 Å². The number of nitrogens with two attached hydrogens (primary N) is 1. The van der Waals surface area contributed by atoms with Crippen molar-refractivity contribution in [3.63, 3.8) is 0 Å². The first kappa shape index (κ1) is 13.4. The molecule has 90 valence electrons. The molecule has 0 aromatic heterocycles. The molecule has 0 amide bonds. The van der Waals surface area contributed by atoms with Crippen LogP contribution >= 0.6 is 11.8 Å². The van der Waals surface area contributed by atoms with Crippen LogP contribution in [0, 0.1) is 5.41 Å². The van der Waals surface area contributed by atoms with Gasteiger partial charge in [0, 0.05) is 16.7 Å². The quantitative estimate of drug-likeness (QED) is 0.820. The molecule has 1 aromatic carbocycles. The van der Waals surface area contributed by atoms with Gasteiger partial charge in [0.25, 0.3) is 0 Å². The van der Waals surface area contributed by atoms with Crippen molar-refractivity contribution in [1.29, 1.82) is 0 Å². The van der Waals surface area contributed by atoms with E-state index in [1.54, 1.807) is 7.11 Å². The highest BCUT2D eigenvalue weighted by Crippen LogP contribution is 2.35. The van der Waals surface area contributed by atoms with Crippen LogP contribution in [0.5, 0.6) is 5.75 Å². The van der Waals surface area contributed by atoms with E-state index in [1.807, 2.05) is 23.9 Å². The van der Waals surface area contributed by atoms with Gasteiger partial charge >= 0.3 is 0 Å². The standard InChI is InChI=1S/C13H21NOS/c1-13(2,3)12(9-14)16-11-7-5-10(15-4)6-8-11/h5-8,12H,9,14H2,1-4H3. The van der Waals surface area contributed by atoms with Gasteiger partial charge < -0.3 is 10.5 Å². The lowest BCUT2D eigenvalue weighted by Crippen LogP contribution is -2.30. The summed E-state index contributed by atoms with van der Waals surface area (Å²) in [7, 11) is 1.68. The van der Waals surface area contributed by atoms with Crippen molar-refractivity contribution in [1.82, 2.24) is 0 Å². The van der Waals surface area contributed by atoms with Crippen molar-refractivity contribution in [2.45, 2.75) is 30.9 Å². The molecule has 0 aliphatic rings. The molecule has 0 aliphatic carbocycles. The molecule has 0 fully saturated rings. The molecule has 0 bridgehead atoms. The highest BCUT2D eigenvalue weighted by molar-refractivity contribution is 8.00. The van der Waals surface area contributed by atoms with E-state index in [0.29, 0.717) is 11.8 Å². The Balaban J connectivity index is 2.71. The molecule has 3 heteroatoms. The SMILES string of the molecule is COc1ccc(SC(CN)C(C)(C)C)cc1. The molecule has 0 saturated heterocycles. The molecule has 0 heterocycles. The summed E-state index contributed by atoms with van der Waals surface area (Å²) in [6.45, 7) is 7.36. The Hall–Kier alpha value is -0.670. The number of rotatable bonds is 4. The second-order valence-corrected chi connectivity index (χ2v) is 6.16. The van der Waals surface area contributed by atoms with Crippen LogP contribution < -0.4 is 10.5 Å². The molecule has 1 atom stereocenters. The summed E-state index contributed by atoms with van der Waals surface area (Å²) in [5, 5.41) is 0.431. The van der Waals surface area contributed by atoms with Crippen molar-refractivity contribution in [3.8, 4) is 5.75 Å². The molecular formula is C13H21NOS. The van der Waals surface area contributed by atoms with Gasteiger partial charge in [-0.3, -0.25) is 0 Å². The van der Waals surface area contributed by atoms with Crippen LogP contribution in [0.15, 0.2) is 29.2 Å². The van der Waals surface area contributed by atoms with Crippen molar-refractivity contribution >= 4 is 11.8 Å². The van der Waals surface area contributed by atoms with Crippen LogP contribution in [0.3, 0.4) is 0 Å². The fourth-order valence-electron chi connectivity index (χ4n) is 1.40. The van der Waals surface area contributed by atoms with Crippen molar-refractivity contribution in [2.24, 2.45) is 11.1 Å². The molecular weight excluding hydrogens is 218 g/mol. The normalized spacial score (nSPS) is 13.6. The summed E-state index contributed by atoms with van der Waals surface area (Å²) in [5.74, 6) is 0.893. The second-order valence-electron chi connectivity index (χ2n) is 4.88. The maximum atomic E-state index is 5.82. The number of benzene rings is 1. The first-order valence-electron chi connectivity index (χ1n) is 5.48. The van der Waals surface area contributed by atoms with E-state index in [-0.39, 0.29) is 5.41 Å². The fourth-order valence-corrected chi connectivity index (χ4v) is 2.47. The monoisotopic (exact) mass is 239 g/mol. The Bertz CT molecular complexity index is 316. The Labute approximate surface area is 103 Å². The van der Waals surface area contributed by atoms with Gasteiger partial charge in [-0.25, -0.2) is 0 Å². The Kier molecular flexibility index (Phi) is 4.69. The van der Waals surface area contributed by atoms with E-state index in [4.69, 9.17) is 10.5 Å². The molecule has 1 unspecified atom stereocenters. The summed E-state index contributed by atoms with van der Waals surface area (Å²) in [4.78, 5) is 1.24. The predicted molar refractivity (Wildman–Crippen MR) is 71.1 cm³/mol. The molecule has 1 aromatic rings. The Morgan fingerprint density at radius 2 is 1.81 bits per heavy atom. The molecule has 0 radical (unpaired) electrons. The summed E-state index contributed by atoms with van der Waals surface area (Å²) in [5.41, 5.74) is 6.04. The predicted octanol–water partition coefficient (Wildman–Crippen LogP) is 3.16. The first-order valence-corrected chi connectivity index (χ1v) is 6.36. The van der Waals surface area contributed by atoms with Gasteiger partial charge in [0.15, 0.2) is 0 Å². The largest absolute Gasteiger partial charge is 0.497 e. The van der Waals surface area contributed by atoms with Gasteiger partial charge in [-0.2, -0.15) is 0 Å². The zero-order valence-electron chi connectivity index (χ0n) is 10.5. The highest BCUT2D eigenvalue weighted by atomic mass is 32.2. The molecule has 16 heavy (non-hydrogen) atoms. The van der Waals surface area contributed by atoms with Crippen molar-refractivity contribution in [2.75, 3.05) is 13.7 Å². The lowest BCUT2D eigenvalue weighted by molar-refractivity contribution is 0.398. The van der Waals surface area contributed by atoms with Crippen LogP contribution in [0.2, 0.25) is 0 Å². The van der Waals surface area contributed by atoms with Gasteiger partial charge in [-0.15, -0.1) is 11.8 Å². The minimum Gasteiger partial charge on any atom is -0.497 e. The molecule has 2 nitrogen and oxygen atoms in total. The van der Waals surface area contributed by atoms with E-state index in [0.717, 1.165) is 5.75 Å². The van der Waals surface area contributed by atoms with E-state index < -0.39 is 0 Å². The number of hydrogen-bond donors (Lipinski definition) is 1. The summed E-state index contributed by atoms with van der Waals surface area (Å²) in [6.07, 6.45) is 0. The van der Waals surface area contributed by atoms with Crippen LogP contribution in [-0.2, 0) is 0 Å². The van der Waals surface area contributed by atoms with Crippen molar-refractivity contribution in [3.05, 3.63) is 24.3 Å². The first-order chi connectivity index (χ1) is 7.47. The average molecular weight is 239 g/mol. The van der Waals surface area contributed by atoms with E-state index in [9.17, 15) is 0 Å².